The number of morpholine rings is 1. The van der Waals surface area contributed by atoms with Crippen molar-refractivity contribution in [2.75, 3.05) is 38.3 Å². The molecule has 0 aromatic carbocycles. The first-order valence-corrected chi connectivity index (χ1v) is 5.56. The molecule has 90 valence electrons. The molecular formula is C12H15N3O2. The molecule has 1 fully saturated rings. The minimum atomic E-state index is 0.461. The van der Waals surface area contributed by atoms with Gasteiger partial charge in [0, 0.05) is 26.4 Å². The van der Waals surface area contributed by atoms with E-state index >= 15 is 0 Å². The van der Waals surface area contributed by atoms with E-state index in [1.54, 1.807) is 13.3 Å². The van der Waals surface area contributed by atoms with Crippen molar-refractivity contribution in [3.05, 3.63) is 23.5 Å². The van der Waals surface area contributed by atoms with Gasteiger partial charge >= 0.3 is 0 Å². The van der Waals surface area contributed by atoms with E-state index in [0.717, 1.165) is 24.5 Å². The first-order valence-electron chi connectivity index (χ1n) is 5.56. The highest BCUT2D eigenvalue weighted by atomic mass is 16.5. The number of nitrogens with zero attached hydrogens (tertiary/aromatic N) is 3. The van der Waals surface area contributed by atoms with Crippen LogP contribution < -0.4 is 4.90 Å². The summed E-state index contributed by atoms with van der Waals surface area (Å²) in [5, 5.41) is 9.09. The van der Waals surface area contributed by atoms with Crippen LogP contribution in [-0.2, 0) is 16.1 Å². The van der Waals surface area contributed by atoms with E-state index in [4.69, 9.17) is 14.7 Å². The summed E-state index contributed by atoms with van der Waals surface area (Å²) < 4.78 is 10.4. The van der Waals surface area contributed by atoms with Gasteiger partial charge in [-0.05, 0) is 6.07 Å². The number of rotatable bonds is 3. The fourth-order valence-corrected chi connectivity index (χ4v) is 1.87. The molecule has 0 aliphatic carbocycles. The number of hydrogen-bond acceptors (Lipinski definition) is 5. The minimum absolute atomic E-state index is 0.461. The quantitative estimate of drug-likeness (QED) is 0.777. The van der Waals surface area contributed by atoms with E-state index in [9.17, 15) is 0 Å². The Morgan fingerprint density at radius 1 is 1.53 bits per heavy atom. The summed E-state index contributed by atoms with van der Waals surface area (Å²) in [5.74, 6) is 0. The first-order chi connectivity index (χ1) is 8.35. The molecular weight excluding hydrogens is 218 g/mol. The Morgan fingerprint density at radius 2 is 2.29 bits per heavy atom. The largest absolute Gasteiger partial charge is 0.378 e. The average Bonchev–Trinajstić information content (AvgIpc) is 2.40. The van der Waals surface area contributed by atoms with E-state index in [2.05, 4.69) is 16.0 Å². The average molecular weight is 233 g/mol. The van der Waals surface area contributed by atoms with Crippen molar-refractivity contribution < 1.29 is 9.47 Å². The molecule has 0 N–H and O–H groups in total. The number of pyridine rings is 1. The van der Waals surface area contributed by atoms with Gasteiger partial charge in [0.05, 0.1) is 36.8 Å². The van der Waals surface area contributed by atoms with E-state index in [1.165, 1.54) is 0 Å². The highest BCUT2D eigenvalue weighted by molar-refractivity contribution is 5.59. The van der Waals surface area contributed by atoms with Crippen molar-refractivity contribution in [3.63, 3.8) is 0 Å². The molecule has 5 heteroatoms. The third-order valence-corrected chi connectivity index (χ3v) is 2.70. The number of anilines is 1. The molecule has 0 bridgehead atoms. The van der Waals surface area contributed by atoms with Gasteiger partial charge in [-0.15, -0.1) is 0 Å². The van der Waals surface area contributed by atoms with Gasteiger partial charge in [0.1, 0.15) is 6.07 Å². The maximum absolute atomic E-state index is 9.09. The van der Waals surface area contributed by atoms with Gasteiger partial charge < -0.3 is 14.4 Å². The lowest BCUT2D eigenvalue weighted by atomic mass is 10.2. The lowest BCUT2D eigenvalue weighted by molar-refractivity contribution is 0.122. The Bertz CT molecular complexity index is 422. The molecule has 0 spiro atoms. The van der Waals surface area contributed by atoms with Crippen molar-refractivity contribution in [1.82, 2.24) is 4.98 Å². The molecule has 0 amide bonds. The van der Waals surface area contributed by atoms with E-state index in [-0.39, 0.29) is 0 Å². The Hall–Kier alpha value is -1.64. The Labute approximate surface area is 101 Å². The van der Waals surface area contributed by atoms with Gasteiger partial charge in [0.15, 0.2) is 0 Å². The van der Waals surface area contributed by atoms with Gasteiger partial charge in [-0.25, -0.2) is 0 Å². The molecule has 0 radical (unpaired) electrons. The Balaban J connectivity index is 2.28. The smallest absolute Gasteiger partial charge is 0.103 e. The fourth-order valence-electron chi connectivity index (χ4n) is 1.87. The summed E-state index contributed by atoms with van der Waals surface area (Å²) in [4.78, 5) is 6.34. The van der Waals surface area contributed by atoms with E-state index in [0.29, 0.717) is 25.4 Å². The normalized spacial score (nSPS) is 15.6. The monoisotopic (exact) mass is 233 g/mol. The second-order valence-corrected chi connectivity index (χ2v) is 3.84. The maximum Gasteiger partial charge on any atom is 0.103 e. The van der Waals surface area contributed by atoms with Crippen LogP contribution >= 0.6 is 0 Å². The van der Waals surface area contributed by atoms with E-state index in [1.807, 2.05) is 6.07 Å². The van der Waals surface area contributed by atoms with Crippen LogP contribution in [-0.4, -0.2) is 38.4 Å². The van der Waals surface area contributed by atoms with Gasteiger partial charge in [-0.2, -0.15) is 5.26 Å². The van der Waals surface area contributed by atoms with Crippen molar-refractivity contribution in [2.24, 2.45) is 0 Å². The van der Waals surface area contributed by atoms with Crippen LogP contribution in [0, 0.1) is 11.3 Å². The molecule has 1 aromatic heterocycles. The molecule has 2 heterocycles. The number of hydrogen-bond donors (Lipinski definition) is 0. The number of aromatic nitrogens is 1. The molecule has 17 heavy (non-hydrogen) atoms. The summed E-state index contributed by atoms with van der Waals surface area (Å²) in [6, 6.07) is 4.10. The molecule has 1 aromatic rings. The topological polar surface area (TPSA) is 58.4 Å². The lowest BCUT2D eigenvalue weighted by Crippen LogP contribution is -2.36. The molecule has 0 saturated carbocycles. The molecule has 5 nitrogen and oxygen atoms in total. The third kappa shape index (κ3) is 2.73. The SMILES string of the molecule is COCc1cc(N2CCOCC2)c(C#N)cn1. The molecule has 2 rings (SSSR count). The zero-order chi connectivity index (χ0) is 12.1. The van der Waals surface area contributed by atoms with Crippen molar-refractivity contribution >= 4 is 5.69 Å². The van der Waals surface area contributed by atoms with Crippen molar-refractivity contribution in [1.29, 1.82) is 5.26 Å². The summed E-state index contributed by atoms with van der Waals surface area (Å²) in [6.07, 6.45) is 1.61. The summed E-state index contributed by atoms with van der Waals surface area (Å²) in [5.41, 5.74) is 2.37. The highest BCUT2D eigenvalue weighted by Gasteiger charge is 2.15. The van der Waals surface area contributed by atoms with Gasteiger partial charge in [0.2, 0.25) is 0 Å². The van der Waals surface area contributed by atoms with Crippen LogP contribution in [0.2, 0.25) is 0 Å². The van der Waals surface area contributed by atoms with Gasteiger partial charge in [-0.1, -0.05) is 0 Å². The zero-order valence-electron chi connectivity index (χ0n) is 9.85. The Morgan fingerprint density at radius 3 is 2.94 bits per heavy atom. The predicted octanol–water partition coefficient (Wildman–Crippen LogP) is 0.936. The predicted molar refractivity (Wildman–Crippen MR) is 62.7 cm³/mol. The van der Waals surface area contributed by atoms with Crippen LogP contribution in [0.4, 0.5) is 5.69 Å². The standard InChI is InChI=1S/C12H15N3O2/c1-16-9-11-6-12(10(7-13)8-14-11)15-2-4-17-5-3-15/h6,8H,2-5,9H2,1H3. The summed E-state index contributed by atoms with van der Waals surface area (Å²) in [6.45, 7) is 3.49. The van der Waals surface area contributed by atoms with Crippen LogP contribution in [0.3, 0.4) is 0 Å². The lowest BCUT2D eigenvalue weighted by Gasteiger charge is -2.29. The van der Waals surface area contributed by atoms with Gasteiger partial charge in [-0.3, -0.25) is 4.98 Å². The number of nitriles is 1. The Kier molecular flexibility index (Phi) is 3.91. The van der Waals surface area contributed by atoms with Crippen molar-refractivity contribution in [2.45, 2.75) is 6.61 Å². The number of methoxy groups -OCH3 is 1. The zero-order valence-corrected chi connectivity index (χ0v) is 9.85. The molecule has 1 aliphatic heterocycles. The van der Waals surface area contributed by atoms with E-state index < -0.39 is 0 Å². The molecule has 1 aliphatic rings. The summed E-state index contributed by atoms with van der Waals surface area (Å²) >= 11 is 0. The number of ether oxygens (including phenoxy) is 2. The summed E-state index contributed by atoms with van der Waals surface area (Å²) in [7, 11) is 1.63. The molecule has 0 atom stereocenters. The molecule has 1 saturated heterocycles. The van der Waals surface area contributed by atoms with Crippen LogP contribution in [0.1, 0.15) is 11.3 Å². The third-order valence-electron chi connectivity index (χ3n) is 2.70. The highest BCUT2D eigenvalue weighted by Crippen LogP contribution is 2.21. The van der Waals surface area contributed by atoms with Gasteiger partial charge in [0.25, 0.3) is 0 Å². The second kappa shape index (κ2) is 5.62. The first kappa shape index (κ1) is 11.8. The fraction of sp³-hybridized carbons (Fsp3) is 0.500. The van der Waals surface area contributed by atoms with Crippen LogP contribution in [0.5, 0.6) is 0 Å². The minimum Gasteiger partial charge on any atom is -0.378 e. The van der Waals surface area contributed by atoms with Crippen LogP contribution in [0.15, 0.2) is 12.3 Å². The molecule has 0 unspecified atom stereocenters. The second-order valence-electron chi connectivity index (χ2n) is 3.84. The van der Waals surface area contributed by atoms with Crippen LogP contribution in [0.25, 0.3) is 0 Å². The van der Waals surface area contributed by atoms with Crippen molar-refractivity contribution in [3.8, 4) is 6.07 Å². The maximum atomic E-state index is 9.09.